The molecule has 2 aliphatic carbocycles. The number of hydrogen-bond acceptors (Lipinski definition) is 11. The molecule has 2 saturated carbocycles. The summed E-state index contributed by atoms with van der Waals surface area (Å²) in [5.74, 6) is 1.42. The first-order valence-electron chi connectivity index (χ1n) is 20.4. The first-order chi connectivity index (χ1) is 29.9. The Hall–Kier alpha value is -4.91. The maximum absolute atomic E-state index is 12.8. The van der Waals surface area contributed by atoms with E-state index in [2.05, 4.69) is 35.1 Å². The van der Waals surface area contributed by atoms with Crippen LogP contribution in [0.25, 0.3) is 20.4 Å². The van der Waals surface area contributed by atoms with Crippen LogP contribution in [0.1, 0.15) is 69.0 Å². The van der Waals surface area contributed by atoms with E-state index >= 15 is 0 Å². The monoisotopic (exact) mass is 928 g/mol. The Kier molecular flexibility index (Phi) is 12.7. The summed E-state index contributed by atoms with van der Waals surface area (Å²) in [6.45, 7) is 3.36. The minimum absolute atomic E-state index is 0.0525. The quantitative estimate of drug-likeness (QED) is 0.119. The van der Waals surface area contributed by atoms with Crippen molar-refractivity contribution in [2.45, 2.75) is 75.8 Å². The number of halogens is 7. The second kappa shape index (κ2) is 17.9. The van der Waals surface area contributed by atoms with E-state index in [-0.39, 0.29) is 32.5 Å². The third kappa shape index (κ3) is 10.7. The lowest BCUT2D eigenvalue weighted by Crippen LogP contribution is -2.52. The summed E-state index contributed by atoms with van der Waals surface area (Å²) in [4.78, 5) is 45.9. The molecule has 10 nitrogen and oxygen atoms in total. The van der Waals surface area contributed by atoms with Crippen molar-refractivity contribution in [2.75, 3.05) is 36.0 Å². The SMILES string of the molecule is NC1CC2(CCN(c3ncnc4sc(CC(F)(F)F)cc34)C2)C1.O=C(Cl)c1ccccc1.O=C(NC1CC2(CCN(c3ncnc4sc(CC(F)(F)F)cc34)C2)C1)c1ccccc1. The van der Waals surface area contributed by atoms with E-state index in [0.717, 1.165) is 98.6 Å². The van der Waals surface area contributed by atoms with Crippen molar-refractivity contribution >= 4 is 77.5 Å². The maximum Gasteiger partial charge on any atom is 0.393 e. The van der Waals surface area contributed by atoms with Gasteiger partial charge in [-0.2, -0.15) is 26.3 Å². The van der Waals surface area contributed by atoms with Gasteiger partial charge in [0, 0.05) is 59.1 Å². The van der Waals surface area contributed by atoms with E-state index in [0.29, 0.717) is 38.0 Å². The fraction of sp³-hybridized carbons (Fsp3) is 0.409. The molecule has 332 valence electrons. The number of amides is 1. The van der Waals surface area contributed by atoms with Crippen LogP contribution in [0, 0.1) is 10.8 Å². The van der Waals surface area contributed by atoms with Crippen molar-refractivity contribution in [3.05, 3.63) is 106 Å². The lowest BCUT2D eigenvalue weighted by Gasteiger charge is -2.45. The van der Waals surface area contributed by atoms with Gasteiger partial charge in [0.25, 0.3) is 11.1 Å². The number of rotatable bonds is 7. The van der Waals surface area contributed by atoms with Crippen molar-refractivity contribution in [1.29, 1.82) is 0 Å². The molecular formula is C44H43ClF6N8O2S2. The molecule has 6 aromatic rings. The molecule has 2 aromatic carbocycles. The van der Waals surface area contributed by atoms with E-state index in [1.807, 2.05) is 24.3 Å². The molecule has 4 aliphatic rings. The Labute approximate surface area is 371 Å². The fourth-order valence-electron chi connectivity index (χ4n) is 9.33. The molecule has 3 N–H and O–H groups in total. The molecule has 4 fully saturated rings. The Morgan fingerprint density at radius 2 is 1.14 bits per heavy atom. The molecule has 0 radical (unpaired) electrons. The van der Waals surface area contributed by atoms with E-state index in [1.165, 1.54) is 12.7 Å². The normalized spacial score (nSPS) is 22.9. The lowest BCUT2D eigenvalue weighted by atomic mass is 9.65. The topological polar surface area (TPSA) is 130 Å². The molecule has 63 heavy (non-hydrogen) atoms. The number of nitrogens with one attached hydrogen (secondary N) is 1. The van der Waals surface area contributed by atoms with Crippen molar-refractivity contribution < 1.29 is 35.9 Å². The number of anilines is 2. The molecule has 1 amide bonds. The van der Waals surface area contributed by atoms with Gasteiger partial charge in [-0.15, -0.1) is 22.7 Å². The van der Waals surface area contributed by atoms with Gasteiger partial charge >= 0.3 is 12.4 Å². The Morgan fingerprint density at radius 3 is 1.56 bits per heavy atom. The number of benzene rings is 2. The average Bonchev–Trinajstić information content (AvgIpc) is 4.02. The van der Waals surface area contributed by atoms with E-state index in [1.54, 1.807) is 48.5 Å². The van der Waals surface area contributed by atoms with E-state index in [4.69, 9.17) is 17.3 Å². The van der Waals surface area contributed by atoms with E-state index in [9.17, 15) is 35.9 Å². The number of hydrogen-bond donors (Lipinski definition) is 2. The first-order valence-corrected chi connectivity index (χ1v) is 22.4. The Morgan fingerprint density at radius 1 is 0.698 bits per heavy atom. The highest BCUT2D eigenvalue weighted by Crippen LogP contribution is 2.51. The standard InChI is InChI=1S/C22H21F3N4OS.C15H17F3N4S.C7H5ClO/c23-22(24,25)11-16-8-17-18(26-13-27-20(17)31-16)29-7-6-21(12-29)9-15(10-21)28-19(30)14-4-2-1-3-5-14;16-15(17,18)6-10-3-11-12(20-8-21-13(11)23-10)22-2-1-14(7-22)4-9(19)5-14;8-7(9)6-4-2-1-3-5-6/h1-5,8,13,15H,6-7,9-12H2,(H,28,30);3,8-9H,1-2,4-7,19H2;1-5H. The second-order valence-electron chi connectivity index (χ2n) is 16.9. The number of aromatic nitrogens is 4. The second-order valence-corrected chi connectivity index (χ2v) is 19.5. The van der Waals surface area contributed by atoms with Gasteiger partial charge in [0.05, 0.1) is 23.6 Å². The van der Waals surface area contributed by atoms with Crippen LogP contribution in [0.15, 0.2) is 85.5 Å². The molecule has 2 saturated heterocycles. The summed E-state index contributed by atoms with van der Waals surface area (Å²) in [7, 11) is 0. The van der Waals surface area contributed by atoms with Crippen LogP contribution >= 0.6 is 34.3 Å². The van der Waals surface area contributed by atoms with Crippen LogP contribution in [0.3, 0.4) is 0 Å². The predicted molar refractivity (Wildman–Crippen MR) is 234 cm³/mol. The van der Waals surface area contributed by atoms with Crippen LogP contribution in [0.5, 0.6) is 0 Å². The van der Waals surface area contributed by atoms with Gasteiger partial charge in [-0.3, -0.25) is 9.59 Å². The molecule has 0 unspecified atom stereocenters. The number of alkyl halides is 6. The molecule has 0 bridgehead atoms. The third-order valence-electron chi connectivity index (χ3n) is 12.1. The van der Waals surface area contributed by atoms with Crippen LogP contribution in [-0.2, 0) is 12.8 Å². The highest BCUT2D eigenvalue weighted by atomic mass is 35.5. The molecule has 2 aliphatic heterocycles. The zero-order valence-electron chi connectivity index (χ0n) is 33.8. The maximum atomic E-state index is 12.8. The molecule has 6 heterocycles. The minimum atomic E-state index is -4.24. The first kappa shape index (κ1) is 44.7. The predicted octanol–water partition coefficient (Wildman–Crippen LogP) is 9.76. The van der Waals surface area contributed by atoms with Crippen LogP contribution in [0.4, 0.5) is 38.0 Å². The highest BCUT2D eigenvalue weighted by Gasteiger charge is 2.50. The minimum Gasteiger partial charge on any atom is -0.355 e. The van der Waals surface area contributed by atoms with E-state index < -0.39 is 30.4 Å². The zero-order valence-corrected chi connectivity index (χ0v) is 36.2. The van der Waals surface area contributed by atoms with Crippen molar-refractivity contribution in [2.24, 2.45) is 16.6 Å². The molecular weight excluding hydrogens is 886 g/mol. The number of nitrogens with zero attached hydrogens (tertiary/aromatic N) is 6. The fourth-order valence-corrected chi connectivity index (χ4v) is 11.5. The average molecular weight is 929 g/mol. The van der Waals surface area contributed by atoms with Crippen LogP contribution in [0.2, 0.25) is 0 Å². The molecule has 2 spiro atoms. The van der Waals surface area contributed by atoms with Crippen molar-refractivity contribution in [3.8, 4) is 0 Å². The highest BCUT2D eigenvalue weighted by molar-refractivity contribution is 7.19. The van der Waals surface area contributed by atoms with Crippen molar-refractivity contribution in [1.82, 2.24) is 25.3 Å². The smallest absolute Gasteiger partial charge is 0.355 e. The zero-order chi connectivity index (χ0) is 44.6. The lowest BCUT2D eigenvalue weighted by molar-refractivity contribution is -0.127. The Balaban J connectivity index is 0.000000149. The largest absolute Gasteiger partial charge is 0.393 e. The van der Waals surface area contributed by atoms with Crippen molar-refractivity contribution in [3.63, 3.8) is 0 Å². The summed E-state index contributed by atoms with van der Waals surface area (Å²) >= 11 is 7.34. The van der Waals surface area contributed by atoms with Crippen LogP contribution in [-0.4, -0.2) is 81.7 Å². The number of fused-ring (bicyclic) bond motifs is 2. The van der Waals surface area contributed by atoms with Gasteiger partial charge in [-0.05, 0) is 85.2 Å². The summed E-state index contributed by atoms with van der Waals surface area (Å²) in [6, 6.07) is 21.5. The molecule has 10 rings (SSSR count). The van der Waals surface area contributed by atoms with Crippen LogP contribution < -0.4 is 20.9 Å². The van der Waals surface area contributed by atoms with Gasteiger partial charge in [0.15, 0.2) is 0 Å². The van der Waals surface area contributed by atoms with Gasteiger partial charge in [0.1, 0.15) is 34.0 Å². The van der Waals surface area contributed by atoms with Gasteiger partial charge in [-0.25, -0.2) is 19.9 Å². The van der Waals surface area contributed by atoms with Gasteiger partial charge in [-0.1, -0.05) is 48.5 Å². The van der Waals surface area contributed by atoms with Gasteiger partial charge in [0.2, 0.25) is 0 Å². The molecule has 4 aromatic heterocycles. The number of carbonyl (C=O) groups is 2. The molecule has 0 atom stereocenters. The summed E-state index contributed by atoms with van der Waals surface area (Å²) in [5.41, 5.74) is 7.52. The summed E-state index contributed by atoms with van der Waals surface area (Å²) in [5, 5.41) is 4.12. The summed E-state index contributed by atoms with van der Waals surface area (Å²) < 4.78 is 76.2. The summed E-state index contributed by atoms with van der Waals surface area (Å²) in [6.07, 6.45) is -1.50. The number of carbonyl (C=O) groups excluding carboxylic acids is 2. The number of thiophene rings is 2. The van der Waals surface area contributed by atoms with Gasteiger partial charge < -0.3 is 20.9 Å². The third-order valence-corrected chi connectivity index (χ3v) is 14.4. The molecule has 19 heteroatoms. The number of nitrogens with two attached hydrogens (primary N) is 1. The Bertz CT molecular complexity index is 2560.